The molecule has 0 aliphatic heterocycles. The number of likely N-dealkylation sites (N-methyl/N-ethyl adjacent to an activating group) is 1. The molecule has 1 atom stereocenters. The summed E-state index contributed by atoms with van der Waals surface area (Å²) in [6.07, 6.45) is 0. The van der Waals surface area contributed by atoms with Crippen molar-refractivity contribution in [3.63, 3.8) is 0 Å². The number of rotatable bonds is 7. The Morgan fingerprint density at radius 1 is 1.00 bits per heavy atom. The van der Waals surface area contributed by atoms with E-state index in [9.17, 15) is 9.59 Å². The molecule has 2 aromatic rings. The van der Waals surface area contributed by atoms with E-state index in [2.05, 4.69) is 29.6 Å². The minimum absolute atomic E-state index is 0.0305. The van der Waals surface area contributed by atoms with Gasteiger partial charge in [0.05, 0.1) is 6.04 Å². The molecule has 0 fully saturated rings. The summed E-state index contributed by atoms with van der Waals surface area (Å²) in [5.41, 5.74) is 4.62. The zero-order valence-corrected chi connectivity index (χ0v) is 15.5. The van der Waals surface area contributed by atoms with Gasteiger partial charge in [-0.2, -0.15) is 0 Å². The van der Waals surface area contributed by atoms with Crippen LogP contribution in [0, 0.1) is 5.92 Å². The van der Waals surface area contributed by atoms with Gasteiger partial charge < -0.3 is 10.1 Å². The number of ketones is 1. The molecule has 136 valence electrons. The lowest BCUT2D eigenvalue weighted by Gasteiger charge is -2.20. The summed E-state index contributed by atoms with van der Waals surface area (Å²) in [6, 6.07) is 15.8. The largest absolute Gasteiger partial charge is 0.459 e. The van der Waals surface area contributed by atoms with Gasteiger partial charge in [-0.05, 0) is 34.7 Å². The third kappa shape index (κ3) is 3.42. The number of carbonyl (C=O) groups is 2. The van der Waals surface area contributed by atoms with Crippen LogP contribution in [-0.2, 0) is 14.3 Å². The Morgan fingerprint density at radius 3 is 2.04 bits per heavy atom. The third-order valence-corrected chi connectivity index (χ3v) is 4.92. The highest BCUT2D eigenvalue weighted by molar-refractivity contribution is 6.35. The quantitative estimate of drug-likeness (QED) is 0.612. The summed E-state index contributed by atoms with van der Waals surface area (Å²) in [6.45, 7) is 6.56. The first kappa shape index (κ1) is 18.3. The van der Waals surface area contributed by atoms with Crippen LogP contribution in [0.4, 0.5) is 0 Å². The summed E-state index contributed by atoms with van der Waals surface area (Å²) >= 11 is 0. The van der Waals surface area contributed by atoms with Gasteiger partial charge >= 0.3 is 5.97 Å². The van der Waals surface area contributed by atoms with Gasteiger partial charge in [0.15, 0.2) is 0 Å². The molecule has 0 aromatic heterocycles. The molecule has 0 amide bonds. The maximum atomic E-state index is 12.4. The van der Waals surface area contributed by atoms with Gasteiger partial charge in [-0.1, -0.05) is 69.3 Å². The monoisotopic (exact) mass is 351 g/mol. The molecular formula is C22H25NO3. The first-order valence-electron chi connectivity index (χ1n) is 9.17. The van der Waals surface area contributed by atoms with Crippen molar-refractivity contribution in [2.75, 3.05) is 13.2 Å². The van der Waals surface area contributed by atoms with Crippen molar-refractivity contribution in [2.45, 2.75) is 32.7 Å². The van der Waals surface area contributed by atoms with Crippen LogP contribution in [0.2, 0.25) is 0 Å². The third-order valence-electron chi connectivity index (χ3n) is 4.92. The van der Waals surface area contributed by atoms with Gasteiger partial charge in [-0.3, -0.25) is 4.79 Å². The molecule has 0 radical (unpaired) electrons. The van der Waals surface area contributed by atoms with Crippen molar-refractivity contribution < 1.29 is 14.3 Å². The lowest BCUT2D eigenvalue weighted by atomic mass is 9.97. The summed E-state index contributed by atoms with van der Waals surface area (Å²) in [5, 5.41) is 3.07. The Hall–Kier alpha value is -2.46. The van der Waals surface area contributed by atoms with Gasteiger partial charge in [-0.25, -0.2) is 4.79 Å². The number of benzene rings is 2. The highest BCUT2D eigenvalue weighted by atomic mass is 16.5. The molecule has 1 aliphatic rings. The number of Topliss-reactive ketones (excluding diaryl/α,β-unsaturated/α-hetero) is 1. The standard InChI is InChI=1S/C22H25NO3/c1-4-23-20(14(2)3)21(24)22(25)26-13-19-17-11-7-5-9-15(17)16-10-6-8-12-18(16)19/h5-12,14,19-20,23H,4,13H2,1-3H3/t20-/m0/s1. The zero-order valence-electron chi connectivity index (χ0n) is 15.5. The number of hydrogen-bond donors (Lipinski definition) is 1. The zero-order chi connectivity index (χ0) is 18.7. The number of esters is 1. The first-order chi connectivity index (χ1) is 12.5. The van der Waals surface area contributed by atoms with Gasteiger partial charge in [0.1, 0.15) is 6.61 Å². The van der Waals surface area contributed by atoms with E-state index in [0.717, 1.165) is 11.1 Å². The number of ether oxygens (including phenoxy) is 1. The predicted molar refractivity (Wildman–Crippen MR) is 102 cm³/mol. The Balaban J connectivity index is 1.76. The van der Waals surface area contributed by atoms with Crippen molar-refractivity contribution in [1.82, 2.24) is 5.32 Å². The van der Waals surface area contributed by atoms with E-state index in [1.807, 2.05) is 45.0 Å². The van der Waals surface area contributed by atoms with Crippen LogP contribution in [0.15, 0.2) is 48.5 Å². The number of fused-ring (bicyclic) bond motifs is 3. The second-order valence-corrected chi connectivity index (χ2v) is 6.97. The molecule has 4 heteroatoms. The van der Waals surface area contributed by atoms with Crippen LogP contribution < -0.4 is 5.32 Å². The topological polar surface area (TPSA) is 55.4 Å². The number of hydrogen-bond acceptors (Lipinski definition) is 4. The SMILES string of the molecule is CCN[C@H](C(=O)C(=O)OCC1c2ccccc2-c2ccccc21)C(C)C. The molecule has 0 unspecified atom stereocenters. The molecular weight excluding hydrogens is 326 g/mol. The lowest BCUT2D eigenvalue weighted by Crippen LogP contribution is -2.45. The molecule has 2 aromatic carbocycles. The Labute approximate surface area is 154 Å². The molecule has 4 nitrogen and oxygen atoms in total. The van der Waals surface area contributed by atoms with E-state index < -0.39 is 17.8 Å². The van der Waals surface area contributed by atoms with Crippen LogP contribution in [0.5, 0.6) is 0 Å². The van der Waals surface area contributed by atoms with Crippen molar-refractivity contribution in [2.24, 2.45) is 5.92 Å². The molecule has 0 spiro atoms. The van der Waals surface area contributed by atoms with Gasteiger partial charge in [0, 0.05) is 5.92 Å². The molecule has 26 heavy (non-hydrogen) atoms. The van der Waals surface area contributed by atoms with Crippen LogP contribution >= 0.6 is 0 Å². The average Bonchev–Trinajstić information content (AvgIpc) is 2.97. The fraction of sp³-hybridized carbons (Fsp3) is 0.364. The summed E-state index contributed by atoms with van der Waals surface area (Å²) < 4.78 is 5.45. The highest BCUT2D eigenvalue weighted by Gasteiger charge is 2.32. The molecule has 1 aliphatic carbocycles. The van der Waals surface area contributed by atoms with Gasteiger partial charge in [0.25, 0.3) is 5.78 Å². The molecule has 0 bridgehead atoms. The number of nitrogens with one attached hydrogen (secondary N) is 1. The van der Waals surface area contributed by atoms with Gasteiger partial charge in [-0.15, -0.1) is 0 Å². The lowest BCUT2D eigenvalue weighted by molar-refractivity contribution is -0.155. The Bertz CT molecular complexity index is 767. The fourth-order valence-electron chi connectivity index (χ4n) is 3.65. The molecule has 3 rings (SSSR count). The Kier molecular flexibility index (Phi) is 5.52. The second kappa shape index (κ2) is 7.83. The van der Waals surface area contributed by atoms with Crippen molar-refractivity contribution in [3.8, 4) is 11.1 Å². The highest BCUT2D eigenvalue weighted by Crippen LogP contribution is 2.44. The smallest absolute Gasteiger partial charge is 0.376 e. The van der Waals surface area contributed by atoms with E-state index in [-0.39, 0.29) is 18.4 Å². The average molecular weight is 351 g/mol. The molecule has 0 saturated carbocycles. The van der Waals surface area contributed by atoms with Crippen LogP contribution in [0.3, 0.4) is 0 Å². The van der Waals surface area contributed by atoms with Crippen LogP contribution in [0.25, 0.3) is 11.1 Å². The van der Waals surface area contributed by atoms with E-state index in [1.54, 1.807) is 0 Å². The van der Waals surface area contributed by atoms with E-state index in [0.29, 0.717) is 6.54 Å². The van der Waals surface area contributed by atoms with E-state index in [4.69, 9.17) is 4.74 Å². The molecule has 1 N–H and O–H groups in total. The van der Waals surface area contributed by atoms with E-state index in [1.165, 1.54) is 11.1 Å². The second-order valence-electron chi connectivity index (χ2n) is 6.97. The summed E-state index contributed by atoms with van der Waals surface area (Å²) in [5.74, 6) is -1.26. The molecule has 0 saturated heterocycles. The minimum atomic E-state index is -0.758. The Morgan fingerprint density at radius 2 is 1.54 bits per heavy atom. The maximum Gasteiger partial charge on any atom is 0.376 e. The summed E-state index contributed by atoms with van der Waals surface area (Å²) in [4.78, 5) is 24.8. The van der Waals surface area contributed by atoms with Crippen LogP contribution in [-0.4, -0.2) is 30.9 Å². The molecule has 0 heterocycles. The van der Waals surface area contributed by atoms with Crippen molar-refractivity contribution >= 4 is 11.8 Å². The minimum Gasteiger partial charge on any atom is -0.459 e. The van der Waals surface area contributed by atoms with Gasteiger partial charge in [0.2, 0.25) is 0 Å². The predicted octanol–water partition coefficient (Wildman–Crippen LogP) is 3.55. The maximum absolute atomic E-state index is 12.4. The van der Waals surface area contributed by atoms with Crippen molar-refractivity contribution in [1.29, 1.82) is 0 Å². The van der Waals surface area contributed by atoms with E-state index >= 15 is 0 Å². The fourth-order valence-corrected chi connectivity index (χ4v) is 3.65. The number of carbonyl (C=O) groups excluding carboxylic acids is 2. The first-order valence-corrected chi connectivity index (χ1v) is 9.17. The summed E-state index contributed by atoms with van der Waals surface area (Å²) in [7, 11) is 0. The van der Waals surface area contributed by atoms with Crippen molar-refractivity contribution in [3.05, 3.63) is 59.7 Å². The van der Waals surface area contributed by atoms with Crippen LogP contribution in [0.1, 0.15) is 37.8 Å². The normalized spacial score (nSPS) is 14.0.